The van der Waals surface area contributed by atoms with Crippen molar-refractivity contribution in [3.8, 4) is 0 Å². The second kappa shape index (κ2) is 10.7. The second-order valence-corrected chi connectivity index (χ2v) is 7.67. The van der Waals surface area contributed by atoms with E-state index in [1.807, 2.05) is 24.3 Å². The largest absolute Gasteiger partial charge is 0.298 e. The summed E-state index contributed by atoms with van der Waals surface area (Å²) in [6, 6.07) is 16.6. The maximum Gasteiger partial charge on any atom is 0.150 e. The first-order chi connectivity index (χ1) is 14.2. The van der Waals surface area contributed by atoms with Gasteiger partial charge >= 0.3 is 0 Å². The van der Waals surface area contributed by atoms with Gasteiger partial charge in [-0.25, -0.2) is 0 Å². The predicted octanol–water partition coefficient (Wildman–Crippen LogP) is 7.30. The van der Waals surface area contributed by atoms with Gasteiger partial charge in [-0.15, -0.1) is 0 Å². The number of carbonyl (C=O) groups is 1. The van der Waals surface area contributed by atoms with E-state index in [-0.39, 0.29) is 0 Å². The maximum atomic E-state index is 11.0. The van der Waals surface area contributed by atoms with Crippen molar-refractivity contribution in [3.05, 3.63) is 82.4 Å². The van der Waals surface area contributed by atoms with Crippen molar-refractivity contribution in [2.24, 2.45) is 4.99 Å². The zero-order chi connectivity index (χ0) is 20.5. The van der Waals surface area contributed by atoms with Crippen LogP contribution in [0.15, 0.2) is 65.2 Å². The molecular formula is C27H31NO. The van der Waals surface area contributed by atoms with Crippen LogP contribution in [0.4, 0.5) is 0 Å². The summed E-state index contributed by atoms with van der Waals surface area (Å²) in [5.74, 6) is 0. The van der Waals surface area contributed by atoms with Crippen LogP contribution in [0, 0.1) is 0 Å². The van der Waals surface area contributed by atoms with Crippen LogP contribution >= 0.6 is 0 Å². The number of benzene rings is 2. The highest BCUT2D eigenvalue weighted by atomic mass is 16.1. The Labute approximate surface area is 175 Å². The minimum atomic E-state index is 0.701. The Balaban J connectivity index is 1.93. The number of hydrogen-bond acceptors (Lipinski definition) is 2. The molecule has 2 aromatic carbocycles. The van der Waals surface area contributed by atoms with E-state index in [1.165, 1.54) is 42.4 Å². The van der Waals surface area contributed by atoms with Crippen molar-refractivity contribution in [3.63, 3.8) is 0 Å². The van der Waals surface area contributed by atoms with E-state index < -0.39 is 0 Å². The van der Waals surface area contributed by atoms with E-state index in [2.05, 4.69) is 50.4 Å². The van der Waals surface area contributed by atoms with Crippen LogP contribution in [0.5, 0.6) is 0 Å². The second-order valence-electron chi connectivity index (χ2n) is 7.67. The Bertz CT molecular complexity index is 899. The van der Waals surface area contributed by atoms with Gasteiger partial charge in [-0.2, -0.15) is 0 Å². The van der Waals surface area contributed by atoms with Crippen LogP contribution in [0.3, 0.4) is 0 Å². The zero-order valence-corrected chi connectivity index (χ0v) is 17.7. The first kappa shape index (κ1) is 21.0. The molecule has 0 saturated heterocycles. The van der Waals surface area contributed by atoms with Crippen molar-refractivity contribution in [1.82, 2.24) is 0 Å². The zero-order valence-electron chi connectivity index (χ0n) is 17.7. The summed E-state index contributed by atoms with van der Waals surface area (Å²) < 4.78 is 0. The van der Waals surface area contributed by atoms with Gasteiger partial charge < -0.3 is 0 Å². The first-order valence-corrected chi connectivity index (χ1v) is 10.9. The summed E-state index contributed by atoms with van der Waals surface area (Å²) in [6.45, 7) is 4.42. The van der Waals surface area contributed by atoms with Gasteiger partial charge in [0.25, 0.3) is 0 Å². The third-order valence-corrected chi connectivity index (χ3v) is 5.56. The fourth-order valence-corrected chi connectivity index (χ4v) is 3.69. The van der Waals surface area contributed by atoms with Gasteiger partial charge in [0.05, 0.1) is 5.70 Å². The lowest BCUT2D eigenvalue weighted by Crippen LogP contribution is -1.92. The Morgan fingerprint density at radius 1 is 0.897 bits per heavy atom. The minimum absolute atomic E-state index is 0.701. The van der Waals surface area contributed by atoms with Crippen LogP contribution in [0.25, 0.3) is 11.3 Å². The van der Waals surface area contributed by atoms with Gasteiger partial charge in [0.2, 0.25) is 0 Å². The number of allylic oxidation sites excluding steroid dienone is 3. The van der Waals surface area contributed by atoms with E-state index in [9.17, 15) is 4.79 Å². The van der Waals surface area contributed by atoms with Crippen molar-refractivity contribution < 1.29 is 4.79 Å². The fraction of sp³-hybridized carbons (Fsp3) is 0.333. The molecule has 2 nitrogen and oxygen atoms in total. The molecule has 0 saturated carbocycles. The Kier molecular flexibility index (Phi) is 7.75. The van der Waals surface area contributed by atoms with Gasteiger partial charge in [-0.05, 0) is 48.0 Å². The number of aliphatic imine (C=N–C) groups is 1. The molecule has 2 aromatic rings. The van der Waals surface area contributed by atoms with Crippen LogP contribution < -0.4 is 0 Å². The molecule has 0 N–H and O–H groups in total. The third kappa shape index (κ3) is 5.63. The van der Waals surface area contributed by atoms with Crippen LogP contribution in [-0.4, -0.2) is 12.5 Å². The Morgan fingerprint density at radius 2 is 1.62 bits per heavy atom. The van der Waals surface area contributed by atoms with Crippen molar-refractivity contribution in [2.45, 2.75) is 58.8 Å². The van der Waals surface area contributed by atoms with E-state index in [0.29, 0.717) is 5.56 Å². The van der Waals surface area contributed by atoms with E-state index in [0.717, 1.165) is 42.4 Å². The highest BCUT2D eigenvalue weighted by Gasteiger charge is 2.13. The summed E-state index contributed by atoms with van der Waals surface area (Å²) >= 11 is 0. The topological polar surface area (TPSA) is 29.4 Å². The highest BCUT2D eigenvalue weighted by Crippen LogP contribution is 2.33. The molecule has 0 aromatic heterocycles. The predicted molar refractivity (Wildman–Crippen MR) is 124 cm³/mol. The van der Waals surface area contributed by atoms with Gasteiger partial charge in [0.1, 0.15) is 6.29 Å². The van der Waals surface area contributed by atoms with Crippen molar-refractivity contribution in [1.29, 1.82) is 0 Å². The average molecular weight is 386 g/mol. The summed E-state index contributed by atoms with van der Waals surface area (Å²) in [6.07, 6.45) is 13.3. The van der Waals surface area contributed by atoms with Crippen LogP contribution in [-0.2, 0) is 6.42 Å². The molecular weight excluding hydrogens is 354 g/mol. The van der Waals surface area contributed by atoms with Crippen molar-refractivity contribution in [2.75, 3.05) is 0 Å². The Hall–Kier alpha value is -2.74. The Morgan fingerprint density at radius 3 is 2.28 bits per heavy atom. The number of hydrogen-bond donors (Lipinski definition) is 0. The van der Waals surface area contributed by atoms with Crippen LogP contribution in [0.1, 0.15) is 79.4 Å². The molecule has 0 amide bonds. The maximum absolute atomic E-state index is 11.0. The minimum Gasteiger partial charge on any atom is -0.298 e. The lowest BCUT2D eigenvalue weighted by Gasteiger charge is -2.11. The van der Waals surface area contributed by atoms with Gasteiger partial charge in [0.15, 0.2) is 0 Å². The van der Waals surface area contributed by atoms with Gasteiger partial charge in [-0.3, -0.25) is 9.79 Å². The van der Waals surface area contributed by atoms with Gasteiger partial charge in [-0.1, -0.05) is 87.7 Å². The molecule has 0 spiro atoms. The normalized spacial score (nSPS) is 13.9. The summed E-state index contributed by atoms with van der Waals surface area (Å²) in [5, 5.41) is 0. The standard InChI is InChI=1S/C27H31NO/c1-3-5-6-7-8-22-13-18-26(24-14-11-23(20-29)12-15-24)27(28-19-22)25-16-9-21(4-2)10-17-25/h9-17,19-20H,3-8,18H2,1-2H3. The molecule has 29 heavy (non-hydrogen) atoms. The number of aryl methyl sites for hydroxylation is 1. The lowest BCUT2D eigenvalue weighted by atomic mass is 9.95. The number of rotatable bonds is 9. The molecule has 1 aliphatic heterocycles. The molecule has 3 rings (SSSR count). The first-order valence-electron chi connectivity index (χ1n) is 10.9. The van der Waals surface area contributed by atoms with E-state index in [1.54, 1.807) is 0 Å². The summed E-state index contributed by atoms with van der Waals surface area (Å²) in [4.78, 5) is 16.0. The molecule has 0 aliphatic carbocycles. The highest BCUT2D eigenvalue weighted by molar-refractivity contribution is 5.97. The lowest BCUT2D eigenvalue weighted by molar-refractivity contribution is 0.112. The molecule has 1 aliphatic rings. The monoisotopic (exact) mass is 385 g/mol. The quantitative estimate of drug-likeness (QED) is 0.329. The molecule has 0 unspecified atom stereocenters. The van der Waals surface area contributed by atoms with E-state index >= 15 is 0 Å². The molecule has 0 bridgehead atoms. The number of aldehydes is 1. The molecule has 2 heteroatoms. The fourth-order valence-electron chi connectivity index (χ4n) is 3.69. The van der Waals surface area contributed by atoms with Gasteiger partial charge in [0, 0.05) is 17.3 Å². The number of nitrogens with zero attached hydrogens (tertiary/aromatic N) is 1. The molecule has 1 heterocycles. The summed E-state index contributed by atoms with van der Waals surface area (Å²) in [7, 11) is 0. The van der Waals surface area contributed by atoms with Crippen molar-refractivity contribution >= 4 is 23.8 Å². The molecule has 150 valence electrons. The van der Waals surface area contributed by atoms with Crippen LogP contribution in [0.2, 0.25) is 0 Å². The number of unbranched alkanes of at least 4 members (excludes halogenated alkanes) is 3. The molecule has 0 fully saturated rings. The third-order valence-electron chi connectivity index (χ3n) is 5.56. The summed E-state index contributed by atoms with van der Waals surface area (Å²) in [5.41, 5.74) is 7.88. The smallest absolute Gasteiger partial charge is 0.150 e. The van der Waals surface area contributed by atoms with E-state index in [4.69, 9.17) is 4.99 Å². The SMILES string of the molecule is CCCCCCC1=CCC(c2ccc(C=O)cc2)=C(c2ccc(CC)cc2)N=C1. The molecule has 0 atom stereocenters. The average Bonchev–Trinajstić information content (AvgIpc) is 2.99. The molecule has 0 radical (unpaired) electrons. The number of carbonyl (C=O) groups excluding carboxylic acids is 1.